The van der Waals surface area contributed by atoms with Crippen LogP contribution in [0.25, 0.3) is 22.4 Å². The molecule has 0 bridgehead atoms. The number of nitrogens with zero attached hydrogens (tertiary/aromatic N) is 2. The monoisotopic (exact) mass is 296 g/mol. The van der Waals surface area contributed by atoms with E-state index in [1.807, 2.05) is 24.3 Å². The Labute approximate surface area is 126 Å². The minimum absolute atomic E-state index is 0.221. The first-order valence-electron chi connectivity index (χ1n) is 7.41. The van der Waals surface area contributed by atoms with Crippen molar-refractivity contribution in [3.8, 4) is 11.5 Å². The van der Waals surface area contributed by atoms with Crippen LogP contribution in [0.2, 0.25) is 0 Å². The molecule has 0 unspecified atom stereocenters. The van der Waals surface area contributed by atoms with Crippen molar-refractivity contribution in [1.29, 1.82) is 0 Å². The molecule has 1 aromatic carbocycles. The van der Waals surface area contributed by atoms with E-state index in [4.69, 9.17) is 10.3 Å². The number of nitrogens with two attached hydrogens (primary N) is 1. The number of rotatable bonds is 2. The number of H-pyrrole nitrogens is 1. The molecule has 4 rings (SSSR count). The zero-order valence-electron chi connectivity index (χ0n) is 12.0. The van der Waals surface area contributed by atoms with Gasteiger partial charge in [-0.25, -0.2) is 0 Å². The number of aromatic amines is 1. The summed E-state index contributed by atoms with van der Waals surface area (Å²) in [4.78, 5) is 19.4. The van der Waals surface area contributed by atoms with Gasteiger partial charge >= 0.3 is 0 Å². The summed E-state index contributed by atoms with van der Waals surface area (Å²) in [6, 6.07) is 9.34. The number of fused-ring (bicyclic) bond motifs is 1. The fourth-order valence-electron chi connectivity index (χ4n) is 3.07. The van der Waals surface area contributed by atoms with Crippen molar-refractivity contribution in [3.05, 3.63) is 46.5 Å². The Morgan fingerprint density at radius 1 is 1.23 bits per heavy atom. The van der Waals surface area contributed by atoms with E-state index in [0.717, 1.165) is 36.6 Å². The summed E-state index contributed by atoms with van der Waals surface area (Å²) >= 11 is 0. The van der Waals surface area contributed by atoms with Gasteiger partial charge in [-0.1, -0.05) is 36.2 Å². The average molecular weight is 296 g/mol. The van der Waals surface area contributed by atoms with Gasteiger partial charge in [0, 0.05) is 5.52 Å². The van der Waals surface area contributed by atoms with Gasteiger partial charge < -0.3 is 15.2 Å². The van der Waals surface area contributed by atoms with Crippen LogP contribution in [-0.2, 0) is 5.54 Å². The minimum Gasteiger partial charge on any atom is -0.334 e. The van der Waals surface area contributed by atoms with Gasteiger partial charge in [0.2, 0.25) is 0 Å². The molecular formula is C16H16N4O2. The second kappa shape index (κ2) is 4.78. The van der Waals surface area contributed by atoms with E-state index in [0.29, 0.717) is 11.4 Å². The van der Waals surface area contributed by atoms with E-state index in [1.165, 1.54) is 0 Å². The lowest BCUT2D eigenvalue weighted by atomic mass is 9.99. The van der Waals surface area contributed by atoms with Crippen molar-refractivity contribution in [2.24, 2.45) is 5.73 Å². The Morgan fingerprint density at radius 3 is 2.82 bits per heavy atom. The number of para-hydroxylation sites is 1. The molecule has 1 aliphatic rings. The number of nitrogens with one attached hydrogen (secondary N) is 1. The summed E-state index contributed by atoms with van der Waals surface area (Å²) in [5.41, 5.74) is 6.72. The number of pyridine rings is 1. The van der Waals surface area contributed by atoms with Gasteiger partial charge in [0.1, 0.15) is 5.56 Å². The first-order valence-corrected chi connectivity index (χ1v) is 7.41. The van der Waals surface area contributed by atoms with Crippen molar-refractivity contribution in [1.82, 2.24) is 15.1 Å². The third-order valence-electron chi connectivity index (χ3n) is 4.35. The van der Waals surface area contributed by atoms with Gasteiger partial charge in [-0.3, -0.25) is 4.79 Å². The van der Waals surface area contributed by atoms with E-state index in [9.17, 15) is 4.79 Å². The Bertz CT molecular complexity index is 890. The molecule has 2 aromatic heterocycles. The highest BCUT2D eigenvalue weighted by molar-refractivity contribution is 5.81. The standard InChI is InChI=1S/C16H16N4O2/c17-16(7-3-4-8-16)15-19-14(22-20-15)11-9-10-5-1-2-6-12(10)18-13(11)21/h1-2,5-6,9H,3-4,7-8,17H2,(H,18,21). The molecule has 1 aliphatic carbocycles. The van der Waals surface area contributed by atoms with Crippen LogP contribution in [0.3, 0.4) is 0 Å². The van der Waals surface area contributed by atoms with E-state index >= 15 is 0 Å². The quantitative estimate of drug-likeness (QED) is 0.756. The van der Waals surface area contributed by atoms with Crippen LogP contribution < -0.4 is 11.3 Å². The van der Waals surface area contributed by atoms with Crippen LogP contribution in [0.4, 0.5) is 0 Å². The highest BCUT2D eigenvalue weighted by Gasteiger charge is 2.36. The van der Waals surface area contributed by atoms with Crippen LogP contribution in [0, 0.1) is 0 Å². The maximum absolute atomic E-state index is 12.2. The Morgan fingerprint density at radius 2 is 2.00 bits per heavy atom. The lowest BCUT2D eigenvalue weighted by Crippen LogP contribution is -2.34. The van der Waals surface area contributed by atoms with Crippen molar-refractivity contribution >= 4 is 10.9 Å². The van der Waals surface area contributed by atoms with Gasteiger partial charge in [-0.05, 0) is 30.4 Å². The summed E-state index contributed by atoms with van der Waals surface area (Å²) in [7, 11) is 0. The minimum atomic E-state index is -0.522. The molecule has 3 N–H and O–H groups in total. The van der Waals surface area contributed by atoms with Gasteiger partial charge in [-0.15, -0.1) is 0 Å². The van der Waals surface area contributed by atoms with E-state index < -0.39 is 5.54 Å². The topological polar surface area (TPSA) is 97.8 Å². The summed E-state index contributed by atoms with van der Waals surface area (Å²) in [6.45, 7) is 0. The Balaban J connectivity index is 1.81. The molecule has 1 saturated carbocycles. The predicted octanol–water partition coefficient (Wildman–Crippen LogP) is 2.31. The summed E-state index contributed by atoms with van der Waals surface area (Å²) in [5, 5.41) is 4.92. The Hall–Kier alpha value is -2.47. The summed E-state index contributed by atoms with van der Waals surface area (Å²) < 4.78 is 5.30. The van der Waals surface area contributed by atoms with Crippen LogP contribution in [-0.4, -0.2) is 15.1 Å². The number of hydrogen-bond donors (Lipinski definition) is 2. The summed E-state index contributed by atoms with van der Waals surface area (Å²) in [6.07, 6.45) is 3.83. The molecule has 1 fully saturated rings. The molecule has 0 amide bonds. The molecule has 0 atom stereocenters. The molecular weight excluding hydrogens is 280 g/mol. The third kappa shape index (κ3) is 2.03. The first kappa shape index (κ1) is 13.2. The zero-order valence-corrected chi connectivity index (χ0v) is 12.0. The van der Waals surface area contributed by atoms with Gasteiger partial charge in [0.25, 0.3) is 11.4 Å². The molecule has 0 aliphatic heterocycles. The average Bonchev–Trinajstić information content (AvgIpc) is 3.16. The van der Waals surface area contributed by atoms with Crippen LogP contribution in [0.15, 0.2) is 39.6 Å². The maximum atomic E-state index is 12.2. The van der Waals surface area contributed by atoms with Gasteiger partial charge in [-0.2, -0.15) is 4.98 Å². The lowest BCUT2D eigenvalue weighted by molar-refractivity contribution is 0.372. The highest BCUT2D eigenvalue weighted by atomic mass is 16.5. The van der Waals surface area contributed by atoms with Crippen molar-refractivity contribution in [3.63, 3.8) is 0 Å². The van der Waals surface area contributed by atoms with Crippen LogP contribution in [0.5, 0.6) is 0 Å². The van der Waals surface area contributed by atoms with Crippen molar-refractivity contribution < 1.29 is 4.52 Å². The fourth-order valence-corrected chi connectivity index (χ4v) is 3.07. The maximum Gasteiger partial charge on any atom is 0.263 e. The Kier molecular flexibility index (Phi) is 2.87. The molecule has 6 nitrogen and oxygen atoms in total. The molecule has 6 heteroatoms. The molecule has 0 radical (unpaired) electrons. The van der Waals surface area contributed by atoms with E-state index in [-0.39, 0.29) is 11.4 Å². The molecule has 2 heterocycles. The van der Waals surface area contributed by atoms with Crippen molar-refractivity contribution in [2.75, 3.05) is 0 Å². The van der Waals surface area contributed by atoms with Gasteiger partial charge in [0.05, 0.1) is 5.54 Å². The largest absolute Gasteiger partial charge is 0.334 e. The molecule has 0 spiro atoms. The number of hydrogen-bond acceptors (Lipinski definition) is 5. The van der Waals surface area contributed by atoms with Gasteiger partial charge in [0.15, 0.2) is 5.82 Å². The van der Waals surface area contributed by atoms with Crippen molar-refractivity contribution in [2.45, 2.75) is 31.2 Å². The van der Waals surface area contributed by atoms with E-state index in [2.05, 4.69) is 15.1 Å². The number of aromatic nitrogens is 3. The van der Waals surface area contributed by atoms with Crippen LogP contribution >= 0.6 is 0 Å². The van der Waals surface area contributed by atoms with Crippen LogP contribution in [0.1, 0.15) is 31.5 Å². The molecule has 3 aromatic rings. The predicted molar refractivity (Wildman–Crippen MR) is 82.2 cm³/mol. The third-order valence-corrected chi connectivity index (χ3v) is 4.35. The lowest BCUT2D eigenvalue weighted by Gasteiger charge is -2.17. The summed E-state index contributed by atoms with van der Waals surface area (Å²) in [5.74, 6) is 0.714. The zero-order chi connectivity index (χ0) is 15.2. The molecule has 0 saturated heterocycles. The first-order chi connectivity index (χ1) is 10.7. The highest BCUT2D eigenvalue weighted by Crippen LogP contribution is 2.35. The second-order valence-corrected chi connectivity index (χ2v) is 5.89. The normalized spacial score (nSPS) is 17.1. The second-order valence-electron chi connectivity index (χ2n) is 5.89. The molecule has 22 heavy (non-hydrogen) atoms. The fraction of sp³-hybridized carbons (Fsp3) is 0.312. The number of benzene rings is 1. The van der Waals surface area contributed by atoms with E-state index in [1.54, 1.807) is 6.07 Å². The smallest absolute Gasteiger partial charge is 0.263 e. The SMILES string of the molecule is NC1(c2noc(-c3cc4ccccc4[nH]c3=O)n2)CCCC1. The molecule has 112 valence electrons.